The first kappa shape index (κ1) is 18.8. The number of carbonyl (C=O) groups excluding carboxylic acids is 3. The summed E-state index contributed by atoms with van der Waals surface area (Å²) in [6.07, 6.45) is 4.29. The second-order valence-corrected chi connectivity index (χ2v) is 6.85. The van der Waals surface area contributed by atoms with E-state index in [1.165, 1.54) is 24.3 Å². The second kappa shape index (κ2) is 8.15. The summed E-state index contributed by atoms with van der Waals surface area (Å²) in [4.78, 5) is 48.0. The number of nitrogens with zero attached hydrogens (tertiary/aromatic N) is 2. The Morgan fingerprint density at radius 2 is 1.89 bits per heavy atom. The lowest BCUT2D eigenvalue weighted by molar-refractivity contribution is -0.384. The summed E-state index contributed by atoms with van der Waals surface area (Å²) in [6, 6.07) is 5.55. The van der Waals surface area contributed by atoms with Crippen LogP contribution in [0.25, 0.3) is 0 Å². The molecule has 1 heterocycles. The van der Waals surface area contributed by atoms with Crippen LogP contribution in [0.3, 0.4) is 0 Å². The monoisotopic (exact) mass is 375 g/mol. The Morgan fingerprint density at radius 1 is 1.22 bits per heavy atom. The van der Waals surface area contributed by atoms with Crippen LogP contribution >= 0.6 is 0 Å². The van der Waals surface area contributed by atoms with Crippen LogP contribution < -0.4 is 5.32 Å². The van der Waals surface area contributed by atoms with E-state index in [0.29, 0.717) is 12.2 Å². The van der Waals surface area contributed by atoms with Gasteiger partial charge in [-0.15, -0.1) is 0 Å². The highest BCUT2D eigenvalue weighted by Gasteiger charge is 2.39. The SMILES string of the molecule is O=C(COC(=O)[C@H]1CC(=O)N(C2CCCC2)C1)Nc1ccc([N+](=O)[O-])cc1. The van der Waals surface area contributed by atoms with E-state index in [4.69, 9.17) is 4.74 Å². The Kier molecular flexibility index (Phi) is 5.68. The number of benzene rings is 1. The van der Waals surface area contributed by atoms with E-state index in [-0.39, 0.29) is 24.1 Å². The number of non-ortho nitro benzene ring substituents is 1. The molecule has 0 unspecified atom stereocenters. The molecule has 1 aromatic rings. The van der Waals surface area contributed by atoms with Crippen molar-refractivity contribution in [1.82, 2.24) is 4.90 Å². The van der Waals surface area contributed by atoms with Crippen LogP contribution in [0.2, 0.25) is 0 Å². The van der Waals surface area contributed by atoms with Gasteiger partial charge >= 0.3 is 5.97 Å². The van der Waals surface area contributed by atoms with Crippen molar-refractivity contribution in [3.63, 3.8) is 0 Å². The zero-order valence-electron chi connectivity index (χ0n) is 14.8. The third-order valence-corrected chi connectivity index (χ3v) is 4.96. The Labute approximate surface area is 155 Å². The molecule has 27 heavy (non-hydrogen) atoms. The predicted molar refractivity (Wildman–Crippen MR) is 94.8 cm³/mol. The number of anilines is 1. The van der Waals surface area contributed by atoms with Crippen LogP contribution in [0.4, 0.5) is 11.4 Å². The third kappa shape index (κ3) is 4.60. The molecule has 1 saturated carbocycles. The second-order valence-electron chi connectivity index (χ2n) is 6.85. The topological polar surface area (TPSA) is 119 Å². The molecule has 0 spiro atoms. The molecule has 1 atom stereocenters. The Hall–Kier alpha value is -2.97. The number of carbonyl (C=O) groups is 3. The number of rotatable bonds is 6. The lowest BCUT2D eigenvalue weighted by Crippen LogP contribution is -2.35. The number of likely N-dealkylation sites (tertiary alicyclic amines) is 1. The number of hydrogen-bond acceptors (Lipinski definition) is 6. The molecule has 1 aromatic carbocycles. The lowest BCUT2D eigenvalue weighted by atomic mass is 10.1. The summed E-state index contributed by atoms with van der Waals surface area (Å²) in [5, 5.41) is 13.1. The average molecular weight is 375 g/mol. The normalized spacial score (nSPS) is 19.9. The molecule has 1 N–H and O–H groups in total. The highest BCUT2D eigenvalue weighted by Crippen LogP contribution is 2.29. The van der Waals surface area contributed by atoms with Crippen LogP contribution in [-0.2, 0) is 19.1 Å². The van der Waals surface area contributed by atoms with Crippen molar-refractivity contribution in [2.45, 2.75) is 38.1 Å². The standard InChI is InChI=1S/C18H21N3O6/c22-16(19-13-5-7-15(8-6-13)21(25)26)11-27-18(24)12-9-17(23)20(10-12)14-3-1-2-4-14/h5-8,12,14H,1-4,9-11H2,(H,19,22)/t12-/m0/s1. The summed E-state index contributed by atoms with van der Waals surface area (Å²) < 4.78 is 5.04. The fourth-order valence-electron chi connectivity index (χ4n) is 3.58. The van der Waals surface area contributed by atoms with Gasteiger partial charge in [0, 0.05) is 36.8 Å². The van der Waals surface area contributed by atoms with Crippen molar-refractivity contribution < 1.29 is 24.0 Å². The third-order valence-electron chi connectivity index (χ3n) is 4.96. The van der Waals surface area contributed by atoms with Gasteiger partial charge in [-0.1, -0.05) is 12.8 Å². The summed E-state index contributed by atoms with van der Waals surface area (Å²) in [6.45, 7) is -0.115. The van der Waals surface area contributed by atoms with Gasteiger partial charge in [0.05, 0.1) is 10.8 Å². The molecule has 144 valence electrons. The van der Waals surface area contributed by atoms with Gasteiger partial charge in [-0.2, -0.15) is 0 Å². The Balaban J connectivity index is 1.45. The molecule has 2 aliphatic rings. The predicted octanol–water partition coefficient (Wildman–Crippen LogP) is 1.87. The lowest BCUT2D eigenvalue weighted by Gasteiger charge is -2.23. The van der Waals surface area contributed by atoms with Gasteiger partial charge in [-0.25, -0.2) is 0 Å². The number of nitrogens with one attached hydrogen (secondary N) is 1. The first-order chi connectivity index (χ1) is 12.9. The molecular weight excluding hydrogens is 354 g/mol. The van der Waals surface area contributed by atoms with Gasteiger partial charge in [-0.05, 0) is 25.0 Å². The highest BCUT2D eigenvalue weighted by atomic mass is 16.6. The molecule has 9 nitrogen and oxygen atoms in total. The summed E-state index contributed by atoms with van der Waals surface area (Å²) in [7, 11) is 0. The van der Waals surface area contributed by atoms with E-state index >= 15 is 0 Å². The maximum atomic E-state index is 12.2. The molecule has 2 fully saturated rings. The smallest absolute Gasteiger partial charge is 0.311 e. The number of nitro benzene ring substituents is 1. The molecule has 1 saturated heterocycles. The van der Waals surface area contributed by atoms with E-state index in [1.807, 2.05) is 0 Å². The van der Waals surface area contributed by atoms with Crippen LogP contribution in [-0.4, -0.2) is 46.8 Å². The van der Waals surface area contributed by atoms with Crippen molar-refractivity contribution in [3.8, 4) is 0 Å². The minimum atomic E-state index is -0.553. The first-order valence-electron chi connectivity index (χ1n) is 8.94. The fraction of sp³-hybridized carbons (Fsp3) is 0.500. The highest BCUT2D eigenvalue weighted by molar-refractivity contribution is 5.93. The fourth-order valence-corrected chi connectivity index (χ4v) is 3.58. The van der Waals surface area contributed by atoms with Crippen molar-refractivity contribution in [1.29, 1.82) is 0 Å². The van der Waals surface area contributed by atoms with Crippen LogP contribution in [0.1, 0.15) is 32.1 Å². The largest absolute Gasteiger partial charge is 0.455 e. The van der Waals surface area contributed by atoms with E-state index in [0.717, 1.165) is 25.7 Å². The zero-order valence-corrected chi connectivity index (χ0v) is 14.8. The minimum Gasteiger partial charge on any atom is -0.455 e. The molecule has 0 radical (unpaired) electrons. The summed E-state index contributed by atoms with van der Waals surface area (Å²) in [5.74, 6) is -1.67. The average Bonchev–Trinajstić information content (AvgIpc) is 3.29. The number of esters is 1. The maximum absolute atomic E-state index is 12.2. The number of nitro groups is 1. The molecule has 0 bridgehead atoms. The van der Waals surface area contributed by atoms with E-state index in [1.54, 1.807) is 4.90 Å². The van der Waals surface area contributed by atoms with E-state index < -0.39 is 29.3 Å². The number of amides is 2. The summed E-state index contributed by atoms with van der Waals surface area (Å²) >= 11 is 0. The van der Waals surface area contributed by atoms with Gasteiger partial charge in [0.25, 0.3) is 11.6 Å². The molecule has 9 heteroatoms. The van der Waals surface area contributed by atoms with Gasteiger partial charge in [0.2, 0.25) is 5.91 Å². The number of hydrogen-bond donors (Lipinski definition) is 1. The molecule has 1 aliphatic heterocycles. The summed E-state index contributed by atoms with van der Waals surface area (Å²) in [5.41, 5.74) is 0.280. The van der Waals surface area contributed by atoms with E-state index in [2.05, 4.69) is 5.32 Å². The minimum absolute atomic E-state index is 0.0285. The molecule has 0 aromatic heterocycles. The van der Waals surface area contributed by atoms with Gasteiger partial charge < -0.3 is 15.0 Å². The maximum Gasteiger partial charge on any atom is 0.311 e. The van der Waals surface area contributed by atoms with Crippen LogP contribution in [0, 0.1) is 16.0 Å². The molecule has 3 rings (SSSR count). The quantitative estimate of drug-likeness (QED) is 0.460. The molecule has 1 aliphatic carbocycles. The number of ether oxygens (including phenoxy) is 1. The zero-order chi connectivity index (χ0) is 19.4. The van der Waals surface area contributed by atoms with Crippen molar-refractivity contribution >= 4 is 29.2 Å². The first-order valence-corrected chi connectivity index (χ1v) is 8.94. The van der Waals surface area contributed by atoms with Gasteiger partial charge in [-0.3, -0.25) is 24.5 Å². The van der Waals surface area contributed by atoms with Crippen molar-refractivity contribution in [2.24, 2.45) is 5.92 Å². The Bertz CT molecular complexity index is 742. The molecule has 2 amide bonds. The van der Waals surface area contributed by atoms with Crippen LogP contribution in [0.15, 0.2) is 24.3 Å². The van der Waals surface area contributed by atoms with Gasteiger partial charge in [0.15, 0.2) is 6.61 Å². The molecular formula is C18H21N3O6. The van der Waals surface area contributed by atoms with Crippen LogP contribution in [0.5, 0.6) is 0 Å². The van der Waals surface area contributed by atoms with Crippen molar-refractivity contribution in [3.05, 3.63) is 34.4 Å². The van der Waals surface area contributed by atoms with Crippen molar-refractivity contribution in [2.75, 3.05) is 18.5 Å². The Morgan fingerprint density at radius 3 is 2.52 bits per heavy atom. The van der Waals surface area contributed by atoms with E-state index in [9.17, 15) is 24.5 Å². The van der Waals surface area contributed by atoms with Gasteiger partial charge in [0.1, 0.15) is 0 Å².